The summed E-state index contributed by atoms with van der Waals surface area (Å²) in [6, 6.07) is 5.20. The minimum Gasteiger partial charge on any atom is -0.462 e. The summed E-state index contributed by atoms with van der Waals surface area (Å²) in [5.74, 6) is 2.00. The highest BCUT2D eigenvalue weighted by Gasteiger charge is 2.51. The van der Waals surface area contributed by atoms with Crippen molar-refractivity contribution in [3.05, 3.63) is 29.8 Å². The van der Waals surface area contributed by atoms with Gasteiger partial charge < -0.3 is 4.74 Å². The van der Waals surface area contributed by atoms with E-state index in [1.54, 1.807) is 0 Å². The fraction of sp³-hybridized carbons (Fsp3) is 0.611. The molecule has 0 spiro atoms. The third kappa shape index (κ3) is 2.97. The molecule has 1 aromatic carbocycles. The molecule has 6 heteroatoms. The molecule has 0 aromatic heterocycles. The second-order valence-corrected chi connectivity index (χ2v) is 9.41. The normalized spacial score (nSPS) is 34.3. The summed E-state index contributed by atoms with van der Waals surface area (Å²) in [6.07, 6.45) is 7.58. The van der Waals surface area contributed by atoms with Crippen molar-refractivity contribution in [2.24, 2.45) is 23.2 Å². The number of carbonyl (C=O) groups is 1. The molecule has 0 aliphatic heterocycles. The van der Waals surface area contributed by atoms with E-state index >= 15 is 0 Å². The molecule has 5 rings (SSSR count). The van der Waals surface area contributed by atoms with Crippen molar-refractivity contribution < 1.29 is 22.5 Å². The molecule has 130 valence electrons. The van der Waals surface area contributed by atoms with Crippen LogP contribution in [0.15, 0.2) is 29.2 Å². The van der Waals surface area contributed by atoms with E-state index in [1.807, 2.05) is 0 Å². The predicted molar refractivity (Wildman–Crippen MR) is 87.1 cm³/mol. The molecular weight excluding hydrogens is 328 g/mol. The van der Waals surface area contributed by atoms with Crippen LogP contribution in [0.25, 0.3) is 0 Å². The number of ether oxygens (including phenoxy) is 1. The molecule has 1 N–H and O–H groups in total. The molecule has 0 radical (unpaired) electrons. The number of esters is 1. The van der Waals surface area contributed by atoms with E-state index in [0.29, 0.717) is 12.2 Å². The molecule has 5 nitrogen and oxygen atoms in total. The molecule has 4 fully saturated rings. The van der Waals surface area contributed by atoms with Crippen molar-refractivity contribution in [2.75, 3.05) is 6.61 Å². The number of hydrogen-bond donors (Lipinski definition) is 1. The quantitative estimate of drug-likeness (QED) is 0.665. The zero-order valence-electron chi connectivity index (χ0n) is 13.5. The van der Waals surface area contributed by atoms with Crippen molar-refractivity contribution in [2.45, 2.75) is 43.4 Å². The lowest BCUT2D eigenvalue weighted by Gasteiger charge is -2.56. The van der Waals surface area contributed by atoms with E-state index in [0.717, 1.165) is 17.8 Å². The molecule has 0 unspecified atom stereocenters. The Morgan fingerprint density at radius 1 is 1.04 bits per heavy atom. The SMILES string of the molecule is O=C(OCC12CC3CC(CC(C3)C1)C2)c1ccc(S(=O)(=O)O)cc1. The molecule has 24 heavy (non-hydrogen) atoms. The molecule has 4 bridgehead atoms. The van der Waals surface area contributed by atoms with E-state index in [4.69, 9.17) is 9.29 Å². The lowest BCUT2D eigenvalue weighted by atomic mass is 9.50. The highest BCUT2D eigenvalue weighted by Crippen LogP contribution is 2.60. The van der Waals surface area contributed by atoms with Gasteiger partial charge in [-0.25, -0.2) is 4.79 Å². The number of rotatable bonds is 4. The van der Waals surface area contributed by atoms with Crippen LogP contribution in [0.4, 0.5) is 0 Å². The number of hydrogen-bond acceptors (Lipinski definition) is 4. The van der Waals surface area contributed by atoms with Gasteiger partial charge in [-0.1, -0.05) is 0 Å². The Balaban J connectivity index is 1.42. The Kier molecular flexibility index (Phi) is 3.73. The standard InChI is InChI=1S/C18H22O5S/c19-17(15-1-3-16(4-2-15)24(20,21)22)23-11-18-8-12-5-13(9-18)7-14(6-12)10-18/h1-4,12-14H,5-11H2,(H,20,21,22). The zero-order valence-corrected chi connectivity index (χ0v) is 14.3. The van der Waals surface area contributed by atoms with Gasteiger partial charge in [0.1, 0.15) is 0 Å². The van der Waals surface area contributed by atoms with Crippen LogP contribution in [0.3, 0.4) is 0 Å². The average Bonchev–Trinajstić information content (AvgIpc) is 2.51. The minimum absolute atomic E-state index is 0.165. The first kappa shape index (κ1) is 16.1. The van der Waals surface area contributed by atoms with Crippen LogP contribution in [0, 0.1) is 23.2 Å². The van der Waals surface area contributed by atoms with Gasteiger partial charge in [0.05, 0.1) is 17.1 Å². The first-order chi connectivity index (χ1) is 11.3. The van der Waals surface area contributed by atoms with Gasteiger partial charge in [-0.05, 0) is 80.5 Å². The maximum absolute atomic E-state index is 12.3. The first-order valence-corrected chi connectivity index (χ1v) is 10.0. The summed E-state index contributed by atoms with van der Waals surface area (Å²) in [6.45, 7) is 0.468. The topological polar surface area (TPSA) is 80.7 Å². The van der Waals surface area contributed by atoms with Crippen LogP contribution in [-0.4, -0.2) is 25.5 Å². The average molecular weight is 350 g/mol. The smallest absolute Gasteiger partial charge is 0.338 e. The van der Waals surface area contributed by atoms with Crippen molar-refractivity contribution in [1.82, 2.24) is 0 Å². The van der Waals surface area contributed by atoms with E-state index in [-0.39, 0.29) is 10.3 Å². The fourth-order valence-corrected chi connectivity index (χ4v) is 6.01. The second kappa shape index (κ2) is 5.56. The Bertz CT molecular complexity index is 715. The third-order valence-corrected chi connectivity index (χ3v) is 6.93. The lowest BCUT2D eigenvalue weighted by Crippen LogP contribution is -2.48. The molecule has 4 saturated carbocycles. The van der Waals surface area contributed by atoms with Crippen molar-refractivity contribution in [3.8, 4) is 0 Å². The molecule has 0 heterocycles. The molecular formula is C18H22O5S. The monoisotopic (exact) mass is 350 g/mol. The van der Waals surface area contributed by atoms with Gasteiger partial charge in [0.15, 0.2) is 0 Å². The molecule has 1 aromatic rings. The fourth-order valence-electron chi connectivity index (χ4n) is 5.53. The van der Waals surface area contributed by atoms with E-state index < -0.39 is 16.1 Å². The van der Waals surface area contributed by atoms with Crippen LogP contribution in [0.1, 0.15) is 48.9 Å². The predicted octanol–water partition coefficient (Wildman–Crippen LogP) is 3.31. The van der Waals surface area contributed by atoms with Gasteiger partial charge in [-0.15, -0.1) is 0 Å². The molecule has 0 saturated heterocycles. The van der Waals surface area contributed by atoms with Gasteiger partial charge in [-0.3, -0.25) is 4.55 Å². The molecule has 0 amide bonds. The van der Waals surface area contributed by atoms with Crippen molar-refractivity contribution >= 4 is 16.1 Å². The zero-order chi connectivity index (χ0) is 16.9. The summed E-state index contributed by atoms with van der Waals surface area (Å²) in [5, 5.41) is 0. The van der Waals surface area contributed by atoms with Crippen LogP contribution in [-0.2, 0) is 14.9 Å². The van der Waals surface area contributed by atoms with Crippen LogP contribution in [0.2, 0.25) is 0 Å². The summed E-state index contributed by atoms with van der Waals surface area (Å²) in [7, 11) is -4.24. The van der Waals surface area contributed by atoms with Gasteiger partial charge in [0.25, 0.3) is 10.1 Å². The minimum atomic E-state index is -4.24. The van der Waals surface area contributed by atoms with E-state index in [2.05, 4.69) is 0 Å². The Morgan fingerprint density at radius 2 is 1.54 bits per heavy atom. The van der Waals surface area contributed by atoms with Gasteiger partial charge in [-0.2, -0.15) is 8.42 Å². The Morgan fingerprint density at radius 3 is 2.00 bits per heavy atom. The summed E-state index contributed by atoms with van der Waals surface area (Å²) in [5.41, 5.74) is 0.478. The van der Waals surface area contributed by atoms with Crippen LogP contribution >= 0.6 is 0 Å². The molecule has 0 atom stereocenters. The highest BCUT2D eigenvalue weighted by atomic mass is 32.2. The van der Waals surface area contributed by atoms with Crippen LogP contribution < -0.4 is 0 Å². The maximum Gasteiger partial charge on any atom is 0.338 e. The summed E-state index contributed by atoms with van der Waals surface area (Å²) >= 11 is 0. The third-order valence-electron chi connectivity index (χ3n) is 6.06. The molecule has 4 aliphatic carbocycles. The van der Waals surface area contributed by atoms with Crippen molar-refractivity contribution in [1.29, 1.82) is 0 Å². The van der Waals surface area contributed by atoms with Gasteiger partial charge in [0, 0.05) is 5.41 Å². The van der Waals surface area contributed by atoms with Crippen LogP contribution in [0.5, 0.6) is 0 Å². The second-order valence-electron chi connectivity index (χ2n) is 7.99. The van der Waals surface area contributed by atoms with E-state index in [1.165, 1.54) is 62.8 Å². The first-order valence-electron chi connectivity index (χ1n) is 8.58. The maximum atomic E-state index is 12.3. The Labute approximate surface area is 142 Å². The Hall–Kier alpha value is -1.40. The summed E-state index contributed by atoms with van der Waals surface area (Å²) < 4.78 is 36.6. The van der Waals surface area contributed by atoms with Gasteiger partial charge in [0.2, 0.25) is 0 Å². The summed E-state index contributed by atoms with van der Waals surface area (Å²) in [4.78, 5) is 12.0. The number of benzene rings is 1. The van der Waals surface area contributed by atoms with Gasteiger partial charge >= 0.3 is 5.97 Å². The largest absolute Gasteiger partial charge is 0.462 e. The molecule has 4 aliphatic rings. The number of carbonyl (C=O) groups excluding carboxylic acids is 1. The van der Waals surface area contributed by atoms with E-state index in [9.17, 15) is 13.2 Å². The van der Waals surface area contributed by atoms with Crippen molar-refractivity contribution in [3.63, 3.8) is 0 Å². The lowest BCUT2D eigenvalue weighted by molar-refractivity contribution is -0.0848. The highest BCUT2D eigenvalue weighted by molar-refractivity contribution is 7.85.